The molecule has 0 aliphatic carbocycles. The third-order valence-electron chi connectivity index (χ3n) is 3.49. The minimum atomic E-state index is 0.821. The second-order valence-corrected chi connectivity index (χ2v) is 4.91. The summed E-state index contributed by atoms with van der Waals surface area (Å²) in [5.74, 6) is 0.853. The van der Waals surface area contributed by atoms with Crippen molar-refractivity contribution in [3.63, 3.8) is 0 Å². The van der Waals surface area contributed by atoms with Crippen molar-refractivity contribution in [1.29, 1.82) is 0 Å². The van der Waals surface area contributed by atoms with Crippen molar-refractivity contribution in [1.82, 2.24) is 0 Å². The lowest BCUT2D eigenvalue weighted by Gasteiger charge is -2.10. The van der Waals surface area contributed by atoms with E-state index in [2.05, 4.69) is 12.1 Å². The highest BCUT2D eigenvalue weighted by atomic mass is 16.5. The predicted molar refractivity (Wildman–Crippen MR) is 86.9 cm³/mol. The van der Waals surface area contributed by atoms with Crippen molar-refractivity contribution in [2.24, 2.45) is 9.98 Å². The fourth-order valence-corrected chi connectivity index (χ4v) is 2.40. The summed E-state index contributed by atoms with van der Waals surface area (Å²) < 4.78 is 5.22. The van der Waals surface area contributed by atoms with Crippen LogP contribution in [0.2, 0.25) is 0 Å². The van der Waals surface area contributed by atoms with Crippen molar-refractivity contribution in [3.8, 4) is 5.75 Å². The molecule has 0 saturated carbocycles. The van der Waals surface area contributed by atoms with E-state index in [1.54, 1.807) is 7.11 Å². The minimum absolute atomic E-state index is 0.821. The van der Waals surface area contributed by atoms with Crippen LogP contribution in [0.25, 0.3) is 0 Å². The van der Waals surface area contributed by atoms with Crippen molar-refractivity contribution in [2.45, 2.75) is 6.42 Å². The van der Waals surface area contributed by atoms with E-state index in [-0.39, 0.29) is 0 Å². The van der Waals surface area contributed by atoms with Crippen molar-refractivity contribution >= 4 is 11.4 Å². The highest BCUT2D eigenvalue weighted by Gasteiger charge is 2.15. The van der Waals surface area contributed by atoms with Crippen LogP contribution in [-0.4, -0.2) is 31.6 Å². The quantitative estimate of drug-likeness (QED) is 0.847. The van der Waals surface area contributed by atoms with Crippen LogP contribution in [-0.2, 0) is 0 Å². The van der Waals surface area contributed by atoms with E-state index in [1.165, 1.54) is 0 Å². The summed E-state index contributed by atoms with van der Waals surface area (Å²) in [7, 11) is 1.68. The summed E-state index contributed by atoms with van der Waals surface area (Å²) in [5, 5.41) is 0. The first-order valence-corrected chi connectivity index (χ1v) is 7.17. The summed E-state index contributed by atoms with van der Waals surface area (Å²) >= 11 is 0. The maximum atomic E-state index is 5.22. The number of benzene rings is 2. The van der Waals surface area contributed by atoms with Crippen molar-refractivity contribution in [3.05, 3.63) is 65.7 Å². The molecule has 1 heterocycles. The molecule has 0 bridgehead atoms. The van der Waals surface area contributed by atoms with E-state index in [1.807, 2.05) is 42.5 Å². The van der Waals surface area contributed by atoms with Gasteiger partial charge in [-0.25, -0.2) is 0 Å². The van der Waals surface area contributed by atoms with Gasteiger partial charge >= 0.3 is 0 Å². The first-order chi connectivity index (χ1) is 10.4. The molecule has 0 unspecified atom stereocenters. The molecule has 0 aromatic heterocycles. The molecule has 1 aliphatic heterocycles. The van der Waals surface area contributed by atoms with E-state index >= 15 is 0 Å². The molecular weight excluding hydrogens is 260 g/mol. The third kappa shape index (κ3) is 3.02. The van der Waals surface area contributed by atoms with E-state index in [9.17, 15) is 0 Å². The fraction of sp³-hybridized carbons (Fsp3) is 0.222. The molecule has 0 radical (unpaired) electrons. The Bertz CT molecular complexity index is 657. The molecule has 2 aromatic carbocycles. The monoisotopic (exact) mass is 278 g/mol. The number of hydrogen-bond acceptors (Lipinski definition) is 3. The molecule has 0 fully saturated rings. The number of aliphatic imine (C=N–C) groups is 2. The number of ether oxygens (including phenoxy) is 1. The van der Waals surface area contributed by atoms with Gasteiger partial charge in [-0.05, 0) is 30.7 Å². The Morgan fingerprint density at radius 3 is 1.90 bits per heavy atom. The molecule has 2 aromatic rings. The lowest BCUT2D eigenvalue weighted by atomic mass is 9.99. The Labute approximate surface area is 125 Å². The zero-order valence-electron chi connectivity index (χ0n) is 12.1. The van der Waals surface area contributed by atoms with Crippen molar-refractivity contribution < 1.29 is 4.74 Å². The molecule has 0 atom stereocenters. The smallest absolute Gasteiger partial charge is 0.118 e. The van der Waals surface area contributed by atoms with Crippen LogP contribution in [0.3, 0.4) is 0 Å². The maximum Gasteiger partial charge on any atom is 0.118 e. The largest absolute Gasteiger partial charge is 0.497 e. The molecule has 0 amide bonds. The van der Waals surface area contributed by atoms with Crippen LogP contribution >= 0.6 is 0 Å². The highest BCUT2D eigenvalue weighted by Crippen LogP contribution is 2.16. The first kappa shape index (κ1) is 13.6. The topological polar surface area (TPSA) is 34.0 Å². The Kier molecular flexibility index (Phi) is 4.10. The van der Waals surface area contributed by atoms with Gasteiger partial charge in [0.2, 0.25) is 0 Å². The van der Waals surface area contributed by atoms with Crippen LogP contribution < -0.4 is 4.74 Å². The molecule has 0 spiro atoms. The van der Waals surface area contributed by atoms with Gasteiger partial charge in [0.25, 0.3) is 0 Å². The summed E-state index contributed by atoms with van der Waals surface area (Å²) in [6.45, 7) is 1.65. The lowest BCUT2D eigenvalue weighted by Crippen LogP contribution is -2.17. The lowest BCUT2D eigenvalue weighted by molar-refractivity contribution is 0.415. The molecular formula is C18H18N2O. The van der Waals surface area contributed by atoms with Crippen LogP contribution in [0.5, 0.6) is 5.75 Å². The zero-order valence-corrected chi connectivity index (χ0v) is 12.1. The van der Waals surface area contributed by atoms with E-state index in [0.29, 0.717) is 0 Å². The number of hydrogen-bond donors (Lipinski definition) is 0. The second-order valence-electron chi connectivity index (χ2n) is 4.91. The number of nitrogens with zero attached hydrogens (tertiary/aromatic N) is 2. The van der Waals surface area contributed by atoms with E-state index in [0.717, 1.165) is 47.8 Å². The average molecular weight is 278 g/mol. The van der Waals surface area contributed by atoms with Gasteiger partial charge in [0.1, 0.15) is 5.75 Å². The van der Waals surface area contributed by atoms with E-state index in [4.69, 9.17) is 14.7 Å². The zero-order chi connectivity index (χ0) is 14.5. The van der Waals surface area contributed by atoms with Crippen LogP contribution in [0.15, 0.2) is 64.6 Å². The first-order valence-electron chi connectivity index (χ1n) is 7.17. The number of rotatable bonds is 3. The van der Waals surface area contributed by atoms with Crippen molar-refractivity contribution in [2.75, 3.05) is 20.2 Å². The van der Waals surface area contributed by atoms with Crippen LogP contribution in [0.4, 0.5) is 0 Å². The fourth-order valence-electron chi connectivity index (χ4n) is 2.40. The molecule has 21 heavy (non-hydrogen) atoms. The van der Waals surface area contributed by atoms with Crippen LogP contribution in [0, 0.1) is 0 Å². The molecule has 3 nitrogen and oxygen atoms in total. The molecule has 0 saturated heterocycles. The highest BCUT2D eigenvalue weighted by molar-refractivity contribution is 6.53. The summed E-state index contributed by atoms with van der Waals surface area (Å²) in [4.78, 5) is 9.50. The van der Waals surface area contributed by atoms with Gasteiger partial charge in [-0.15, -0.1) is 0 Å². The molecule has 3 heteroatoms. The third-order valence-corrected chi connectivity index (χ3v) is 3.49. The Balaban J connectivity index is 2.02. The minimum Gasteiger partial charge on any atom is -0.497 e. The normalized spacial score (nSPS) is 14.9. The predicted octanol–water partition coefficient (Wildman–Crippen LogP) is 3.38. The molecule has 106 valence electrons. The SMILES string of the molecule is COc1ccc(C2=NCCCN=C2c2ccccc2)cc1. The Hall–Kier alpha value is -2.42. The average Bonchev–Trinajstić information content (AvgIpc) is 2.81. The Morgan fingerprint density at radius 2 is 1.33 bits per heavy atom. The van der Waals surface area contributed by atoms with Gasteiger partial charge in [-0.2, -0.15) is 0 Å². The van der Waals surface area contributed by atoms with Gasteiger partial charge in [0.15, 0.2) is 0 Å². The maximum absolute atomic E-state index is 5.22. The second kappa shape index (κ2) is 6.35. The van der Waals surface area contributed by atoms with Gasteiger partial charge in [-0.3, -0.25) is 9.98 Å². The van der Waals surface area contributed by atoms with Crippen LogP contribution in [0.1, 0.15) is 17.5 Å². The summed E-state index contributed by atoms with van der Waals surface area (Å²) in [6, 6.07) is 18.3. The van der Waals surface area contributed by atoms with Gasteiger partial charge < -0.3 is 4.74 Å². The molecule has 0 N–H and O–H groups in total. The standard InChI is InChI=1S/C18H18N2O/c1-21-16-10-8-15(9-11-16)18-17(19-12-5-13-20-18)14-6-3-2-4-7-14/h2-4,6-11H,5,12-13H2,1H3. The summed E-state index contributed by atoms with van der Waals surface area (Å²) in [6.07, 6.45) is 0.996. The number of methoxy groups -OCH3 is 1. The van der Waals surface area contributed by atoms with Gasteiger partial charge in [0.05, 0.1) is 18.5 Å². The summed E-state index contributed by atoms with van der Waals surface area (Å²) in [5.41, 5.74) is 4.16. The molecule has 3 rings (SSSR count). The van der Waals surface area contributed by atoms with E-state index < -0.39 is 0 Å². The molecule has 1 aliphatic rings. The Morgan fingerprint density at radius 1 is 0.762 bits per heavy atom. The van der Waals surface area contributed by atoms with Gasteiger partial charge in [0, 0.05) is 24.2 Å². The van der Waals surface area contributed by atoms with Gasteiger partial charge in [-0.1, -0.05) is 30.3 Å².